The first-order chi connectivity index (χ1) is 8.28. The van der Waals surface area contributed by atoms with Crippen molar-refractivity contribution >= 4 is 17.6 Å². The van der Waals surface area contributed by atoms with E-state index in [1.54, 1.807) is 6.33 Å². The molecule has 1 fully saturated rings. The average Bonchev–Trinajstić information content (AvgIpc) is 3.15. The molecule has 0 radical (unpaired) electrons. The fraction of sp³-hybridized carbons (Fsp3) is 0.667. The molecule has 1 aromatic heterocycles. The number of thioether (sulfide) groups is 1. The van der Waals surface area contributed by atoms with Gasteiger partial charge in [0.1, 0.15) is 12.1 Å². The predicted molar refractivity (Wildman–Crippen MR) is 71.8 cm³/mol. The number of nitrogens with zero attached hydrogens (tertiary/aromatic N) is 2. The van der Waals surface area contributed by atoms with Gasteiger partial charge in [-0.1, -0.05) is 6.92 Å². The number of nitrogens with one attached hydrogen (secondary N) is 1. The molecule has 0 amide bonds. The molecule has 1 aliphatic carbocycles. The molecule has 0 atom stereocenters. The van der Waals surface area contributed by atoms with Gasteiger partial charge in [-0.3, -0.25) is 0 Å². The van der Waals surface area contributed by atoms with E-state index in [1.807, 2.05) is 17.8 Å². The number of anilines is 1. The number of hydrogen-bond acceptors (Lipinski definition) is 5. The Morgan fingerprint density at radius 1 is 1.47 bits per heavy atom. The lowest BCUT2D eigenvalue weighted by Crippen LogP contribution is -2.18. The molecule has 1 heterocycles. The van der Waals surface area contributed by atoms with Crippen LogP contribution < -0.4 is 10.1 Å². The second-order valence-electron chi connectivity index (χ2n) is 4.33. The van der Waals surface area contributed by atoms with Gasteiger partial charge >= 0.3 is 0 Å². The van der Waals surface area contributed by atoms with Crippen molar-refractivity contribution in [2.75, 3.05) is 24.7 Å². The van der Waals surface area contributed by atoms with Crippen LogP contribution in [0, 0.1) is 0 Å². The van der Waals surface area contributed by atoms with Crippen LogP contribution in [0.3, 0.4) is 0 Å². The molecule has 1 N–H and O–H groups in total. The van der Waals surface area contributed by atoms with Crippen LogP contribution in [-0.4, -0.2) is 34.1 Å². The highest BCUT2D eigenvalue weighted by Crippen LogP contribution is 2.46. The zero-order chi connectivity index (χ0) is 12.1. The van der Waals surface area contributed by atoms with Crippen molar-refractivity contribution in [2.24, 2.45) is 0 Å². The van der Waals surface area contributed by atoms with E-state index in [4.69, 9.17) is 4.74 Å². The fourth-order valence-corrected chi connectivity index (χ4v) is 2.29. The molecule has 94 valence electrons. The van der Waals surface area contributed by atoms with E-state index in [1.165, 1.54) is 12.8 Å². The van der Waals surface area contributed by atoms with Crippen LogP contribution in [0.4, 0.5) is 5.82 Å². The number of hydrogen-bond donors (Lipinski definition) is 1. The predicted octanol–water partition coefficient (Wildman–Crippen LogP) is 2.57. The van der Waals surface area contributed by atoms with E-state index in [2.05, 4.69) is 28.5 Å². The van der Waals surface area contributed by atoms with Gasteiger partial charge in [0.2, 0.25) is 5.88 Å². The molecule has 0 bridgehead atoms. The maximum absolute atomic E-state index is 5.47. The quantitative estimate of drug-likeness (QED) is 0.809. The van der Waals surface area contributed by atoms with Gasteiger partial charge in [-0.05, 0) is 25.5 Å². The van der Waals surface area contributed by atoms with Crippen LogP contribution in [0.5, 0.6) is 5.88 Å². The van der Waals surface area contributed by atoms with E-state index >= 15 is 0 Å². The van der Waals surface area contributed by atoms with E-state index in [0.29, 0.717) is 17.2 Å². The van der Waals surface area contributed by atoms with Crippen molar-refractivity contribution in [3.63, 3.8) is 0 Å². The molecule has 17 heavy (non-hydrogen) atoms. The largest absolute Gasteiger partial charge is 0.478 e. The molecule has 4 nitrogen and oxygen atoms in total. The first-order valence-corrected chi connectivity index (χ1v) is 7.24. The minimum absolute atomic E-state index is 0.440. The topological polar surface area (TPSA) is 47.0 Å². The third-order valence-corrected chi connectivity index (χ3v) is 4.35. The Hall–Kier alpha value is -0.970. The monoisotopic (exact) mass is 253 g/mol. The van der Waals surface area contributed by atoms with Gasteiger partial charge in [0.25, 0.3) is 0 Å². The van der Waals surface area contributed by atoms with E-state index in [0.717, 1.165) is 18.8 Å². The molecular formula is C12H19N3OS. The summed E-state index contributed by atoms with van der Waals surface area (Å²) in [6.07, 6.45) is 7.30. The molecule has 0 saturated heterocycles. The highest BCUT2D eigenvalue weighted by atomic mass is 32.2. The van der Waals surface area contributed by atoms with Crippen LogP contribution in [0.2, 0.25) is 0 Å². The summed E-state index contributed by atoms with van der Waals surface area (Å²) in [5.41, 5.74) is 0. The fourth-order valence-electron chi connectivity index (χ4n) is 1.57. The lowest BCUT2D eigenvalue weighted by Gasteiger charge is -2.13. The Balaban J connectivity index is 1.87. The average molecular weight is 253 g/mol. The Morgan fingerprint density at radius 2 is 2.29 bits per heavy atom. The summed E-state index contributed by atoms with van der Waals surface area (Å²) in [6, 6.07) is 1.87. The van der Waals surface area contributed by atoms with Crippen LogP contribution in [0.25, 0.3) is 0 Å². The lowest BCUT2D eigenvalue weighted by molar-refractivity contribution is 0.305. The molecule has 0 aliphatic heterocycles. The smallest absolute Gasteiger partial charge is 0.218 e. The van der Waals surface area contributed by atoms with Crippen molar-refractivity contribution in [1.82, 2.24) is 9.97 Å². The lowest BCUT2D eigenvalue weighted by atomic mass is 10.4. The molecule has 0 unspecified atom stereocenters. The molecule has 1 saturated carbocycles. The zero-order valence-electron chi connectivity index (χ0n) is 10.4. The van der Waals surface area contributed by atoms with Gasteiger partial charge in [-0.25, -0.2) is 9.97 Å². The molecule has 0 aromatic carbocycles. The Bertz CT molecular complexity index is 369. The number of ether oxygens (including phenoxy) is 1. The van der Waals surface area contributed by atoms with Crippen LogP contribution in [0.15, 0.2) is 12.4 Å². The normalized spacial score (nSPS) is 16.6. The summed E-state index contributed by atoms with van der Waals surface area (Å²) in [4.78, 5) is 8.28. The standard InChI is InChI=1S/C12H19N3OS/c1-3-6-16-11-7-10(14-9-15-11)13-8-12(17-2)4-5-12/h7,9H,3-6,8H2,1-2H3,(H,13,14,15). The molecular weight excluding hydrogens is 234 g/mol. The van der Waals surface area contributed by atoms with Gasteiger partial charge in [-0.15, -0.1) is 0 Å². The molecule has 5 heteroatoms. The van der Waals surface area contributed by atoms with Gasteiger partial charge < -0.3 is 10.1 Å². The van der Waals surface area contributed by atoms with Crippen LogP contribution in [0.1, 0.15) is 26.2 Å². The summed E-state index contributed by atoms with van der Waals surface area (Å²) in [5.74, 6) is 1.50. The third-order valence-electron chi connectivity index (χ3n) is 2.93. The second-order valence-corrected chi connectivity index (χ2v) is 5.60. The Kier molecular flexibility index (Phi) is 4.10. The first-order valence-electron chi connectivity index (χ1n) is 6.02. The van der Waals surface area contributed by atoms with E-state index < -0.39 is 0 Å². The van der Waals surface area contributed by atoms with Gasteiger partial charge in [-0.2, -0.15) is 11.8 Å². The Labute approximate surface area is 107 Å². The minimum Gasteiger partial charge on any atom is -0.478 e. The minimum atomic E-state index is 0.440. The molecule has 2 rings (SSSR count). The molecule has 1 aromatic rings. The SMILES string of the molecule is CCCOc1cc(NCC2(SC)CC2)ncn1. The van der Waals surface area contributed by atoms with Gasteiger partial charge in [0.05, 0.1) is 6.61 Å². The summed E-state index contributed by atoms with van der Waals surface area (Å²) in [7, 11) is 0. The third kappa shape index (κ3) is 3.49. The summed E-state index contributed by atoms with van der Waals surface area (Å²) in [6.45, 7) is 3.75. The zero-order valence-corrected chi connectivity index (χ0v) is 11.2. The summed E-state index contributed by atoms with van der Waals surface area (Å²) < 4.78 is 5.91. The van der Waals surface area contributed by atoms with Crippen molar-refractivity contribution in [3.8, 4) is 5.88 Å². The second kappa shape index (κ2) is 5.58. The van der Waals surface area contributed by atoms with Crippen molar-refractivity contribution in [3.05, 3.63) is 12.4 Å². The summed E-state index contributed by atoms with van der Waals surface area (Å²) >= 11 is 1.94. The summed E-state index contributed by atoms with van der Waals surface area (Å²) in [5, 5.41) is 3.36. The number of rotatable bonds is 7. The molecule has 1 aliphatic rings. The maximum Gasteiger partial charge on any atom is 0.218 e. The number of aromatic nitrogens is 2. The van der Waals surface area contributed by atoms with Crippen molar-refractivity contribution in [1.29, 1.82) is 0 Å². The maximum atomic E-state index is 5.47. The first kappa shape index (κ1) is 12.5. The van der Waals surface area contributed by atoms with Crippen molar-refractivity contribution < 1.29 is 4.74 Å². The van der Waals surface area contributed by atoms with Crippen LogP contribution in [-0.2, 0) is 0 Å². The van der Waals surface area contributed by atoms with E-state index in [9.17, 15) is 0 Å². The van der Waals surface area contributed by atoms with Gasteiger partial charge in [0.15, 0.2) is 0 Å². The van der Waals surface area contributed by atoms with Crippen molar-refractivity contribution in [2.45, 2.75) is 30.9 Å². The van der Waals surface area contributed by atoms with Crippen LogP contribution >= 0.6 is 11.8 Å². The van der Waals surface area contributed by atoms with Gasteiger partial charge in [0, 0.05) is 17.4 Å². The highest BCUT2D eigenvalue weighted by molar-refractivity contribution is 8.00. The Morgan fingerprint density at radius 3 is 2.94 bits per heavy atom. The molecule has 0 spiro atoms. The highest BCUT2D eigenvalue weighted by Gasteiger charge is 2.41. The van der Waals surface area contributed by atoms with E-state index in [-0.39, 0.29) is 0 Å².